The second-order valence-corrected chi connectivity index (χ2v) is 8.09. The average Bonchev–Trinajstić information content (AvgIpc) is 2.82. The fourth-order valence-corrected chi connectivity index (χ4v) is 3.69. The molecule has 0 bridgehead atoms. The predicted molar refractivity (Wildman–Crippen MR) is 141 cm³/mol. The SMILES string of the molecule is CCCc1c(C(C)=O)cc(OCC)c(C)c1OCC.CNCOc1ccc(CNC)cc1C(C)=O. The number of ether oxygens (including phenoxy) is 3. The maximum atomic E-state index is 11.9. The van der Waals surface area contributed by atoms with Gasteiger partial charge >= 0.3 is 0 Å². The Labute approximate surface area is 210 Å². The van der Waals surface area contributed by atoms with Crippen molar-refractivity contribution < 1.29 is 23.8 Å². The van der Waals surface area contributed by atoms with Gasteiger partial charge in [-0.1, -0.05) is 19.4 Å². The van der Waals surface area contributed by atoms with Crippen LogP contribution in [0.4, 0.5) is 0 Å². The molecule has 194 valence electrons. The van der Waals surface area contributed by atoms with Crippen molar-refractivity contribution in [3.63, 3.8) is 0 Å². The van der Waals surface area contributed by atoms with E-state index in [1.807, 2.05) is 52.1 Å². The van der Waals surface area contributed by atoms with E-state index in [0.29, 0.717) is 31.3 Å². The van der Waals surface area contributed by atoms with Gasteiger partial charge in [0.05, 0.1) is 18.8 Å². The van der Waals surface area contributed by atoms with E-state index in [9.17, 15) is 9.59 Å². The molecule has 0 amide bonds. The summed E-state index contributed by atoms with van der Waals surface area (Å²) >= 11 is 0. The first kappa shape index (κ1) is 30.1. The monoisotopic (exact) mass is 486 g/mol. The summed E-state index contributed by atoms with van der Waals surface area (Å²) in [6.07, 6.45) is 1.82. The van der Waals surface area contributed by atoms with E-state index in [4.69, 9.17) is 14.2 Å². The predicted octanol–water partition coefficient (Wildman–Crippen LogP) is 5.11. The van der Waals surface area contributed by atoms with Crippen molar-refractivity contribution in [1.29, 1.82) is 0 Å². The van der Waals surface area contributed by atoms with Crippen LogP contribution in [0.3, 0.4) is 0 Å². The van der Waals surface area contributed by atoms with Crippen LogP contribution in [0.2, 0.25) is 0 Å². The average molecular weight is 487 g/mol. The van der Waals surface area contributed by atoms with Crippen LogP contribution in [0.1, 0.15) is 78.4 Å². The molecule has 0 aliphatic carbocycles. The summed E-state index contributed by atoms with van der Waals surface area (Å²) in [7, 11) is 3.67. The summed E-state index contributed by atoms with van der Waals surface area (Å²) in [5.74, 6) is 2.27. The van der Waals surface area contributed by atoms with Gasteiger partial charge in [0.1, 0.15) is 24.0 Å². The second-order valence-electron chi connectivity index (χ2n) is 8.09. The Balaban J connectivity index is 0.000000355. The van der Waals surface area contributed by atoms with Crippen LogP contribution in [-0.4, -0.2) is 45.6 Å². The molecule has 0 radical (unpaired) electrons. The van der Waals surface area contributed by atoms with Gasteiger partial charge in [0.15, 0.2) is 11.6 Å². The van der Waals surface area contributed by atoms with Crippen LogP contribution in [0.5, 0.6) is 17.2 Å². The molecule has 2 aromatic carbocycles. The van der Waals surface area contributed by atoms with Gasteiger partial charge in [0.25, 0.3) is 0 Å². The first-order valence-corrected chi connectivity index (χ1v) is 12.2. The van der Waals surface area contributed by atoms with E-state index in [1.54, 1.807) is 20.9 Å². The highest BCUT2D eigenvalue weighted by molar-refractivity contribution is 5.97. The number of hydrogen-bond acceptors (Lipinski definition) is 7. The third-order valence-electron chi connectivity index (χ3n) is 5.23. The lowest BCUT2D eigenvalue weighted by Crippen LogP contribution is -2.16. The molecular weight excluding hydrogens is 444 g/mol. The molecule has 0 aliphatic heterocycles. The zero-order valence-corrected chi connectivity index (χ0v) is 22.6. The van der Waals surface area contributed by atoms with E-state index in [0.717, 1.165) is 53.1 Å². The van der Waals surface area contributed by atoms with Crippen molar-refractivity contribution in [2.45, 2.75) is 60.9 Å². The van der Waals surface area contributed by atoms with Crippen LogP contribution < -0.4 is 24.8 Å². The second kappa shape index (κ2) is 15.9. The summed E-state index contributed by atoms with van der Waals surface area (Å²) in [6, 6.07) is 7.51. The molecule has 0 fully saturated rings. The Morgan fingerprint density at radius 1 is 0.829 bits per heavy atom. The summed E-state index contributed by atoms with van der Waals surface area (Å²) in [5, 5.41) is 5.92. The summed E-state index contributed by atoms with van der Waals surface area (Å²) < 4.78 is 16.8. The van der Waals surface area contributed by atoms with Gasteiger partial charge in [-0.2, -0.15) is 0 Å². The molecule has 0 aliphatic rings. The van der Waals surface area contributed by atoms with Crippen molar-refractivity contribution >= 4 is 11.6 Å². The molecule has 2 rings (SSSR count). The van der Waals surface area contributed by atoms with Crippen LogP contribution >= 0.6 is 0 Å². The Hall–Kier alpha value is -2.90. The molecule has 7 nitrogen and oxygen atoms in total. The maximum absolute atomic E-state index is 11.9. The molecule has 7 heteroatoms. The summed E-state index contributed by atoms with van der Waals surface area (Å²) in [5.41, 5.74) is 4.42. The molecule has 0 atom stereocenters. The van der Waals surface area contributed by atoms with Crippen LogP contribution in [0.25, 0.3) is 0 Å². The summed E-state index contributed by atoms with van der Waals surface area (Å²) in [4.78, 5) is 23.3. The Morgan fingerprint density at radius 2 is 1.49 bits per heavy atom. The van der Waals surface area contributed by atoms with E-state index < -0.39 is 0 Å². The number of hydrogen-bond donors (Lipinski definition) is 2. The third-order valence-corrected chi connectivity index (χ3v) is 5.23. The highest BCUT2D eigenvalue weighted by Gasteiger charge is 2.19. The van der Waals surface area contributed by atoms with Crippen LogP contribution in [0.15, 0.2) is 24.3 Å². The van der Waals surface area contributed by atoms with Crippen molar-refractivity contribution in [3.8, 4) is 17.2 Å². The van der Waals surface area contributed by atoms with Crippen molar-refractivity contribution in [1.82, 2.24) is 10.6 Å². The maximum Gasteiger partial charge on any atom is 0.163 e. The third kappa shape index (κ3) is 9.00. The Morgan fingerprint density at radius 3 is 2.00 bits per heavy atom. The van der Waals surface area contributed by atoms with E-state index in [2.05, 4.69) is 17.6 Å². The van der Waals surface area contributed by atoms with Crippen molar-refractivity contribution in [3.05, 3.63) is 52.1 Å². The van der Waals surface area contributed by atoms with Gasteiger partial charge in [-0.05, 0) is 78.9 Å². The van der Waals surface area contributed by atoms with E-state index in [-0.39, 0.29) is 11.6 Å². The first-order chi connectivity index (χ1) is 16.7. The molecular formula is C28H42N2O5. The number of benzene rings is 2. The molecule has 0 unspecified atom stereocenters. The first-order valence-electron chi connectivity index (χ1n) is 12.2. The molecule has 0 saturated heterocycles. The molecule has 0 saturated carbocycles. The largest absolute Gasteiger partial charge is 0.493 e. The zero-order valence-electron chi connectivity index (χ0n) is 22.6. The lowest BCUT2D eigenvalue weighted by molar-refractivity contribution is 0.100. The minimum Gasteiger partial charge on any atom is -0.493 e. The molecule has 0 heterocycles. The minimum absolute atomic E-state index is 0.0176. The lowest BCUT2D eigenvalue weighted by Gasteiger charge is -2.19. The number of carbonyl (C=O) groups excluding carboxylic acids is 2. The fraction of sp³-hybridized carbons (Fsp3) is 0.500. The lowest BCUT2D eigenvalue weighted by atomic mass is 9.96. The quantitative estimate of drug-likeness (QED) is 0.300. The van der Waals surface area contributed by atoms with Gasteiger partial charge in [0.2, 0.25) is 0 Å². The van der Waals surface area contributed by atoms with Gasteiger partial charge < -0.3 is 19.5 Å². The topological polar surface area (TPSA) is 85.9 Å². The number of Topliss-reactive ketones (excluding diaryl/α,β-unsaturated/α-hetero) is 2. The van der Waals surface area contributed by atoms with Crippen molar-refractivity contribution in [2.24, 2.45) is 0 Å². The standard InChI is InChI=1S/C16H24O3.C12H18N2O2/c1-6-9-13-14(12(5)17)10-15(18-7-2)11(4)16(13)19-8-3;1-9(15)11-6-10(7-13-2)4-5-12(11)16-8-14-3/h10H,6-9H2,1-5H3;4-6,13-14H,7-8H2,1-3H3. The van der Waals surface area contributed by atoms with E-state index in [1.165, 1.54) is 0 Å². The van der Waals surface area contributed by atoms with Gasteiger partial charge in [-0.25, -0.2) is 0 Å². The van der Waals surface area contributed by atoms with Gasteiger partial charge in [-0.15, -0.1) is 0 Å². The molecule has 35 heavy (non-hydrogen) atoms. The smallest absolute Gasteiger partial charge is 0.163 e. The normalized spacial score (nSPS) is 10.3. The minimum atomic E-state index is 0.0176. The highest BCUT2D eigenvalue weighted by Crippen LogP contribution is 2.36. The van der Waals surface area contributed by atoms with Gasteiger partial charge in [0, 0.05) is 23.2 Å². The number of nitrogens with one attached hydrogen (secondary N) is 2. The van der Waals surface area contributed by atoms with Crippen LogP contribution in [0, 0.1) is 6.92 Å². The summed E-state index contributed by atoms with van der Waals surface area (Å²) in [6.45, 7) is 13.4. The molecule has 0 aromatic heterocycles. The fourth-order valence-electron chi connectivity index (χ4n) is 3.69. The number of carbonyl (C=O) groups is 2. The molecule has 2 N–H and O–H groups in total. The van der Waals surface area contributed by atoms with Crippen LogP contribution in [-0.2, 0) is 13.0 Å². The highest BCUT2D eigenvalue weighted by atomic mass is 16.5. The number of ketones is 2. The van der Waals surface area contributed by atoms with Gasteiger partial charge in [-0.3, -0.25) is 14.9 Å². The Bertz CT molecular complexity index is 972. The zero-order chi connectivity index (χ0) is 26.4. The van der Waals surface area contributed by atoms with Crippen molar-refractivity contribution in [2.75, 3.05) is 34.0 Å². The number of rotatable bonds is 13. The molecule has 2 aromatic rings. The van der Waals surface area contributed by atoms with E-state index >= 15 is 0 Å². The Kier molecular flexibility index (Phi) is 13.7. The molecule has 0 spiro atoms.